The summed E-state index contributed by atoms with van der Waals surface area (Å²) in [6.07, 6.45) is -2.09. The van der Waals surface area contributed by atoms with E-state index < -0.39 is 50.2 Å². The Morgan fingerprint density at radius 1 is 1.04 bits per heavy atom. The lowest BCUT2D eigenvalue weighted by atomic mass is 9.74. The van der Waals surface area contributed by atoms with Gasteiger partial charge in [-0.05, 0) is 88.9 Å². The van der Waals surface area contributed by atoms with Crippen LogP contribution in [0, 0.1) is 0 Å². The minimum Gasteiger partial charge on any atom is -0.444 e. The fourth-order valence-corrected chi connectivity index (χ4v) is 7.44. The molecule has 0 unspecified atom stereocenters. The molecule has 6 rings (SSSR count). The van der Waals surface area contributed by atoms with E-state index in [0.29, 0.717) is 55.6 Å². The molecule has 0 bridgehead atoms. The van der Waals surface area contributed by atoms with Crippen LogP contribution in [0.1, 0.15) is 56.9 Å². The predicted octanol–water partition coefficient (Wildman–Crippen LogP) is 5.49. The molecule has 1 aliphatic carbocycles. The molecule has 1 saturated heterocycles. The molecule has 2 aromatic carbocycles. The quantitative estimate of drug-likeness (QED) is 0.284. The van der Waals surface area contributed by atoms with Gasteiger partial charge in [0, 0.05) is 41.6 Å². The third-order valence-electron chi connectivity index (χ3n) is 9.01. The number of anilines is 1. The third kappa shape index (κ3) is 6.82. The number of amides is 2. The Balaban J connectivity index is 1.39. The van der Waals surface area contributed by atoms with Gasteiger partial charge in [0.15, 0.2) is 15.7 Å². The highest BCUT2D eigenvalue weighted by Crippen LogP contribution is 2.45. The van der Waals surface area contributed by atoms with Crippen molar-refractivity contribution < 1.29 is 35.9 Å². The number of nitrogens with zero attached hydrogens (tertiary/aromatic N) is 5. The highest BCUT2D eigenvalue weighted by atomic mass is 35.5. The topological polar surface area (TPSA) is 145 Å². The number of alkyl halides is 3. The van der Waals surface area contributed by atoms with E-state index in [-0.39, 0.29) is 33.8 Å². The number of aromatic nitrogens is 4. The predicted molar refractivity (Wildman–Crippen MR) is 178 cm³/mol. The molecule has 266 valence electrons. The van der Waals surface area contributed by atoms with E-state index in [1.165, 1.54) is 24.3 Å². The lowest BCUT2D eigenvalue weighted by Gasteiger charge is -2.39. The number of rotatable bonds is 5. The Bertz CT molecular complexity index is 2180. The number of benzene rings is 2. The molecule has 3 heterocycles. The second-order valence-corrected chi connectivity index (χ2v) is 16.1. The van der Waals surface area contributed by atoms with E-state index in [0.717, 1.165) is 29.0 Å². The molecule has 1 aliphatic heterocycles. The van der Waals surface area contributed by atoms with E-state index in [4.69, 9.17) is 16.3 Å². The lowest BCUT2D eigenvalue weighted by molar-refractivity contribution is -0.137. The minimum absolute atomic E-state index is 0.0301. The number of halogens is 4. The van der Waals surface area contributed by atoms with E-state index in [1.54, 1.807) is 30.2 Å². The van der Waals surface area contributed by atoms with Gasteiger partial charge >= 0.3 is 12.3 Å². The molecular formula is C33H34ClF3N6O6S. The Hall–Kier alpha value is -4.44. The van der Waals surface area contributed by atoms with Gasteiger partial charge in [-0.2, -0.15) is 22.7 Å². The smallest absolute Gasteiger partial charge is 0.416 e. The second-order valence-electron chi connectivity index (χ2n) is 13.6. The maximum Gasteiger partial charge on any atom is 0.416 e. The number of hydrogen-bond donors (Lipinski definition) is 1. The number of sulfone groups is 1. The number of likely N-dealkylation sites (tertiary alicyclic amines) is 1. The number of nitrogens with one attached hydrogen (secondary N) is 1. The van der Waals surface area contributed by atoms with Crippen molar-refractivity contribution in [3.8, 4) is 11.4 Å². The van der Waals surface area contributed by atoms with Crippen molar-refractivity contribution in [1.82, 2.24) is 24.1 Å². The summed E-state index contributed by atoms with van der Waals surface area (Å²) in [4.78, 5) is 46.9. The Morgan fingerprint density at radius 2 is 1.70 bits per heavy atom. The van der Waals surface area contributed by atoms with Crippen molar-refractivity contribution >= 4 is 44.9 Å². The Morgan fingerprint density at radius 3 is 2.28 bits per heavy atom. The van der Waals surface area contributed by atoms with Crippen LogP contribution in [-0.2, 0) is 43.9 Å². The summed E-state index contributed by atoms with van der Waals surface area (Å²) >= 11 is 6.11. The largest absolute Gasteiger partial charge is 0.444 e. The van der Waals surface area contributed by atoms with E-state index in [1.807, 2.05) is 0 Å². The van der Waals surface area contributed by atoms with E-state index >= 15 is 0 Å². The number of hydrogen-bond acceptors (Lipinski definition) is 8. The molecule has 2 amide bonds. The number of ether oxygens (including phenoxy) is 1. The van der Waals surface area contributed by atoms with Gasteiger partial charge in [0.05, 0.1) is 21.2 Å². The van der Waals surface area contributed by atoms with Crippen molar-refractivity contribution in [3.63, 3.8) is 0 Å². The van der Waals surface area contributed by atoms with Crippen molar-refractivity contribution in [2.45, 2.75) is 75.1 Å². The lowest BCUT2D eigenvalue weighted by Crippen LogP contribution is -2.47. The number of carbonyl (C=O) groups excluding carboxylic acids is 2. The van der Waals surface area contributed by atoms with Crippen molar-refractivity contribution in [3.05, 3.63) is 74.7 Å². The number of carbonyl (C=O) groups is 2. The highest BCUT2D eigenvalue weighted by molar-refractivity contribution is 7.90. The molecule has 1 N–H and O–H groups in total. The molecule has 4 aromatic rings. The van der Waals surface area contributed by atoms with Gasteiger partial charge in [-0.3, -0.25) is 9.59 Å². The fourth-order valence-electron chi connectivity index (χ4n) is 6.58. The molecule has 1 fully saturated rings. The molecule has 2 aliphatic rings. The average molecular weight is 735 g/mol. The zero-order valence-electron chi connectivity index (χ0n) is 27.6. The van der Waals surface area contributed by atoms with Gasteiger partial charge in [0.1, 0.15) is 12.1 Å². The van der Waals surface area contributed by atoms with Gasteiger partial charge < -0.3 is 19.5 Å². The van der Waals surface area contributed by atoms with Crippen LogP contribution in [0.2, 0.25) is 5.02 Å². The van der Waals surface area contributed by atoms with E-state index in [9.17, 15) is 36.0 Å². The zero-order chi connectivity index (χ0) is 36.4. The summed E-state index contributed by atoms with van der Waals surface area (Å²) in [5.41, 5.74) is -1.28. The summed E-state index contributed by atoms with van der Waals surface area (Å²) in [6.45, 7) is 5.65. The molecule has 0 saturated carbocycles. The second kappa shape index (κ2) is 12.4. The average Bonchev–Trinajstić information content (AvgIpc) is 3.62. The molecule has 1 spiro atoms. The first-order valence-corrected chi connectivity index (χ1v) is 18.0. The molecule has 0 radical (unpaired) electrons. The van der Waals surface area contributed by atoms with Crippen LogP contribution in [0.4, 0.5) is 23.7 Å². The minimum atomic E-state index is -4.62. The van der Waals surface area contributed by atoms with Gasteiger partial charge in [-0.1, -0.05) is 11.6 Å². The highest BCUT2D eigenvalue weighted by Gasteiger charge is 2.46. The Kier molecular flexibility index (Phi) is 8.78. The van der Waals surface area contributed by atoms with Crippen LogP contribution in [0.3, 0.4) is 0 Å². The summed E-state index contributed by atoms with van der Waals surface area (Å²) < 4.78 is 71.8. The van der Waals surface area contributed by atoms with Crippen LogP contribution >= 0.6 is 11.6 Å². The van der Waals surface area contributed by atoms with Crippen LogP contribution in [0.25, 0.3) is 17.2 Å². The standard InChI is InChI=1S/C33H34ClF3N6O6S/c1-31(2,3)49-30(46)41-15-13-32(14-16-41)12-11-24-26(32)28(45)43-29(39-27(40-43)19-5-8-21(9-6-19)50(4,47)48)42(24)18-25(44)38-23-10-7-20(17-22(23)34)33(35,36)37/h5-10,17H,11-16,18H2,1-4H3,(H,38,44). The fraction of sp³-hybridized carbons (Fsp3) is 0.424. The third-order valence-corrected chi connectivity index (χ3v) is 10.4. The zero-order valence-corrected chi connectivity index (χ0v) is 29.2. The number of fused-ring (bicyclic) bond motifs is 3. The molecule has 2 aromatic heterocycles. The van der Waals surface area contributed by atoms with E-state index in [2.05, 4.69) is 15.4 Å². The van der Waals surface area contributed by atoms with Crippen molar-refractivity contribution in [2.75, 3.05) is 24.7 Å². The molecule has 50 heavy (non-hydrogen) atoms. The molecule has 0 atom stereocenters. The summed E-state index contributed by atoms with van der Waals surface area (Å²) in [5.74, 6) is -0.477. The van der Waals surface area contributed by atoms with Crippen LogP contribution < -0.4 is 10.9 Å². The first-order valence-electron chi connectivity index (χ1n) is 15.7. The van der Waals surface area contributed by atoms with Gasteiger partial charge in [0.25, 0.3) is 5.56 Å². The maximum absolute atomic E-state index is 14.3. The van der Waals surface area contributed by atoms with Gasteiger partial charge in [-0.25, -0.2) is 13.2 Å². The molecular weight excluding hydrogens is 701 g/mol. The van der Waals surface area contributed by atoms with Crippen LogP contribution in [0.5, 0.6) is 0 Å². The summed E-state index contributed by atoms with van der Waals surface area (Å²) in [5, 5.41) is 6.75. The van der Waals surface area contributed by atoms with Gasteiger partial charge in [0.2, 0.25) is 11.7 Å². The van der Waals surface area contributed by atoms with Crippen LogP contribution in [-0.4, -0.2) is 69.4 Å². The van der Waals surface area contributed by atoms with Crippen molar-refractivity contribution in [1.29, 1.82) is 0 Å². The van der Waals surface area contributed by atoms with Gasteiger partial charge in [-0.15, -0.1) is 5.10 Å². The Labute approximate surface area is 290 Å². The first kappa shape index (κ1) is 35.4. The number of piperidine rings is 1. The molecule has 12 nitrogen and oxygen atoms in total. The maximum atomic E-state index is 14.3. The SMILES string of the molecule is CC(C)(C)OC(=O)N1CCC2(CCc3c2c(=O)n2nc(-c4ccc(S(C)(=O)=O)cc4)nc2n3CC(=O)Nc2ccc(C(F)(F)F)cc2Cl)CC1. The monoisotopic (exact) mass is 734 g/mol. The summed E-state index contributed by atoms with van der Waals surface area (Å²) in [6, 6.07) is 8.43. The normalized spacial score (nSPS) is 16.1. The first-order chi connectivity index (χ1) is 23.3. The van der Waals surface area contributed by atoms with Crippen molar-refractivity contribution in [2.24, 2.45) is 0 Å². The van der Waals surface area contributed by atoms with Crippen LogP contribution in [0.15, 0.2) is 52.2 Å². The molecule has 17 heteroatoms. The summed E-state index contributed by atoms with van der Waals surface area (Å²) in [7, 11) is -3.48.